The summed E-state index contributed by atoms with van der Waals surface area (Å²) in [6.45, 7) is 0.270. The fourth-order valence-corrected chi connectivity index (χ4v) is 1.51. The third kappa shape index (κ3) is 4.20. The van der Waals surface area contributed by atoms with E-state index in [0.29, 0.717) is 16.3 Å². The zero-order valence-electron chi connectivity index (χ0n) is 9.33. The predicted octanol–water partition coefficient (Wildman–Crippen LogP) is 1.49. The third-order valence-electron chi connectivity index (χ3n) is 2.08. The van der Waals surface area contributed by atoms with E-state index >= 15 is 0 Å². The number of rotatable bonds is 5. The Balaban J connectivity index is 2.60. The largest absolute Gasteiger partial charge is 0.491 e. The average molecular weight is 273 g/mol. The van der Waals surface area contributed by atoms with Crippen LogP contribution in [-0.2, 0) is 4.79 Å². The van der Waals surface area contributed by atoms with Gasteiger partial charge in [0.05, 0.1) is 18.1 Å². The first-order chi connectivity index (χ1) is 8.04. The van der Waals surface area contributed by atoms with Crippen LogP contribution in [0.3, 0.4) is 0 Å². The second-order valence-corrected chi connectivity index (χ2v) is 4.13. The molecule has 17 heavy (non-hydrogen) atoms. The lowest BCUT2D eigenvalue weighted by Crippen LogP contribution is -2.20. The van der Waals surface area contributed by atoms with Gasteiger partial charge in [0.25, 0.3) is 0 Å². The fraction of sp³-hybridized carbons (Fsp3) is 0.273. The van der Waals surface area contributed by atoms with Crippen LogP contribution in [0.5, 0.6) is 5.75 Å². The van der Waals surface area contributed by atoms with Gasteiger partial charge in [0.1, 0.15) is 10.7 Å². The smallest absolute Gasteiger partial charge is 0.223 e. The van der Waals surface area contributed by atoms with E-state index in [1.165, 1.54) is 0 Å². The maximum atomic E-state index is 11.0. The highest BCUT2D eigenvalue weighted by Gasteiger charge is 2.05. The van der Waals surface area contributed by atoms with Gasteiger partial charge in [-0.1, -0.05) is 23.8 Å². The first-order valence-electron chi connectivity index (χ1n) is 4.97. The van der Waals surface area contributed by atoms with Crippen LogP contribution in [0.2, 0.25) is 5.02 Å². The highest BCUT2D eigenvalue weighted by Crippen LogP contribution is 2.25. The van der Waals surface area contributed by atoms with Crippen LogP contribution < -0.4 is 15.8 Å². The number of benzene rings is 1. The van der Waals surface area contributed by atoms with Crippen molar-refractivity contribution < 1.29 is 9.53 Å². The molecule has 1 rings (SSSR count). The van der Waals surface area contributed by atoms with Crippen molar-refractivity contribution in [1.29, 1.82) is 0 Å². The lowest BCUT2D eigenvalue weighted by Gasteiger charge is -2.08. The molecule has 0 bridgehead atoms. The van der Waals surface area contributed by atoms with E-state index in [0.717, 1.165) is 0 Å². The monoisotopic (exact) mass is 272 g/mol. The Bertz CT molecular complexity index is 437. The van der Waals surface area contributed by atoms with Crippen LogP contribution in [0, 0.1) is 0 Å². The molecule has 0 atom stereocenters. The van der Waals surface area contributed by atoms with E-state index in [2.05, 4.69) is 5.32 Å². The molecule has 1 amide bonds. The summed E-state index contributed by atoms with van der Waals surface area (Å²) >= 11 is 10.8. The summed E-state index contributed by atoms with van der Waals surface area (Å²) in [5.41, 5.74) is 6.15. The quantitative estimate of drug-likeness (QED) is 0.797. The molecule has 4 nitrogen and oxygen atoms in total. The molecule has 0 heterocycles. The summed E-state index contributed by atoms with van der Waals surface area (Å²) in [6.07, 6.45) is 0.282. The van der Waals surface area contributed by atoms with E-state index in [1.54, 1.807) is 25.2 Å². The van der Waals surface area contributed by atoms with E-state index in [4.69, 9.17) is 34.3 Å². The van der Waals surface area contributed by atoms with Gasteiger partial charge >= 0.3 is 0 Å². The lowest BCUT2D eigenvalue weighted by atomic mass is 10.2. The van der Waals surface area contributed by atoms with Crippen LogP contribution in [0.25, 0.3) is 0 Å². The molecule has 3 N–H and O–H groups in total. The van der Waals surface area contributed by atoms with Crippen molar-refractivity contribution in [3.63, 3.8) is 0 Å². The standard InChI is InChI=1S/C11H13ClN2O2S/c1-14-10(15)4-5-16-9-3-2-7(11(13)17)6-8(9)12/h2-3,6H,4-5H2,1H3,(H2,13,17)(H,14,15). The number of nitrogens with one attached hydrogen (secondary N) is 1. The molecule has 0 aliphatic carbocycles. The van der Waals surface area contributed by atoms with E-state index in [9.17, 15) is 4.79 Å². The molecular formula is C11H13ClN2O2S. The summed E-state index contributed by atoms with van der Waals surface area (Å²) in [6, 6.07) is 5.04. The summed E-state index contributed by atoms with van der Waals surface area (Å²) in [4.78, 5) is 11.3. The van der Waals surface area contributed by atoms with E-state index < -0.39 is 0 Å². The Morgan fingerprint density at radius 3 is 2.82 bits per heavy atom. The maximum absolute atomic E-state index is 11.0. The second-order valence-electron chi connectivity index (χ2n) is 3.28. The van der Waals surface area contributed by atoms with Crippen molar-refractivity contribution in [3.8, 4) is 5.75 Å². The van der Waals surface area contributed by atoms with Crippen molar-refractivity contribution in [2.75, 3.05) is 13.7 Å². The molecule has 92 valence electrons. The second kappa shape index (κ2) is 6.42. The molecule has 0 saturated heterocycles. The Morgan fingerprint density at radius 2 is 2.29 bits per heavy atom. The van der Waals surface area contributed by atoms with Gasteiger partial charge in [-0.2, -0.15) is 0 Å². The summed E-state index contributed by atoms with van der Waals surface area (Å²) in [7, 11) is 1.58. The number of hydrogen-bond donors (Lipinski definition) is 2. The van der Waals surface area contributed by atoms with Crippen LogP contribution in [0.1, 0.15) is 12.0 Å². The maximum Gasteiger partial charge on any atom is 0.223 e. The van der Waals surface area contributed by atoms with Crippen LogP contribution >= 0.6 is 23.8 Å². The molecule has 6 heteroatoms. The average Bonchev–Trinajstić information content (AvgIpc) is 2.30. The molecule has 1 aromatic rings. The van der Waals surface area contributed by atoms with Crippen molar-refractivity contribution in [2.24, 2.45) is 5.73 Å². The van der Waals surface area contributed by atoms with Gasteiger partial charge in [0.15, 0.2) is 0 Å². The Morgan fingerprint density at radius 1 is 1.59 bits per heavy atom. The number of carbonyl (C=O) groups is 1. The van der Waals surface area contributed by atoms with Crippen molar-refractivity contribution in [1.82, 2.24) is 5.32 Å². The molecular weight excluding hydrogens is 260 g/mol. The molecule has 0 aliphatic rings. The number of halogens is 1. The van der Waals surface area contributed by atoms with Crippen molar-refractivity contribution in [2.45, 2.75) is 6.42 Å². The van der Waals surface area contributed by atoms with Gasteiger partial charge in [-0.25, -0.2) is 0 Å². The van der Waals surface area contributed by atoms with E-state index in [1.807, 2.05) is 0 Å². The normalized spacial score (nSPS) is 9.76. The van der Waals surface area contributed by atoms with Gasteiger partial charge < -0.3 is 15.8 Å². The molecule has 0 fully saturated rings. The number of nitrogens with two attached hydrogens (primary N) is 1. The number of thiocarbonyl (C=S) groups is 1. The zero-order valence-corrected chi connectivity index (χ0v) is 10.9. The summed E-state index contributed by atoms with van der Waals surface area (Å²) in [5.74, 6) is 0.427. The Labute approximate surface area is 110 Å². The minimum absolute atomic E-state index is 0.0825. The van der Waals surface area contributed by atoms with Gasteiger partial charge in [-0.15, -0.1) is 0 Å². The number of amides is 1. The van der Waals surface area contributed by atoms with Gasteiger partial charge in [-0.3, -0.25) is 4.79 Å². The number of carbonyl (C=O) groups excluding carboxylic acids is 1. The van der Waals surface area contributed by atoms with Crippen LogP contribution in [0.15, 0.2) is 18.2 Å². The van der Waals surface area contributed by atoms with Gasteiger partial charge in [0.2, 0.25) is 5.91 Å². The van der Waals surface area contributed by atoms with Crippen molar-refractivity contribution >= 4 is 34.7 Å². The highest BCUT2D eigenvalue weighted by atomic mass is 35.5. The topological polar surface area (TPSA) is 64.3 Å². The van der Waals surface area contributed by atoms with Crippen LogP contribution in [0.4, 0.5) is 0 Å². The molecule has 0 radical (unpaired) electrons. The van der Waals surface area contributed by atoms with Crippen LogP contribution in [-0.4, -0.2) is 24.6 Å². The molecule has 0 saturated carbocycles. The van der Waals surface area contributed by atoms with Gasteiger partial charge in [-0.05, 0) is 18.2 Å². The minimum atomic E-state index is -0.0825. The van der Waals surface area contributed by atoms with Gasteiger partial charge in [0, 0.05) is 12.6 Å². The molecule has 1 aromatic carbocycles. The first-order valence-corrected chi connectivity index (χ1v) is 5.76. The predicted molar refractivity (Wildman–Crippen MR) is 71.5 cm³/mol. The molecule has 0 aliphatic heterocycles. The minimum Gasteiger partial charge on any atom is -0.491 e. The molecule has 0 aromatic heterocycles. The number of ether oxygens (including phenoxy) is 1. The fourth-order valence-electron chi connectivity index (χ4n) is 1.15. The number of hydrogen-bond acceptors (Lipinski definition) is 3. The van der Waals surface area contributed by atoms with Crippen molar-refractivity contribution in [3.05, 3.63) is 28.8 Å². The lowest BCUT2D eigenvalue weighted by molar-refractivity contribution is -0.121. The summed E-state index contributed by atoms with van der Waals surface area (Å²) in [5, 5.41) is 2.93. The SMILES string of the molecule is CNC(=O)CCOc1ccc(C(N)=S)cc1Cl. The Kier molecular flexibility index (Phi) is 5.18. The summed E-state index contributed by atoms with van der Waals surface area (Å²) < 4.78 is 5.37. The first kappa shape index (κ1) is 13.7. The zero-order chi connectivity index (χ0) is 12.8. The highest BCUT2D eigenvalue weighted by molar-refractivity contribution is 7.80. The van der Waals surface area contributed by atoms with E-state index in [-0.39, 0.29) is 23.9 Å². The molecule has 0 spiro atoms. The Hall–Kier alpha value is -1.33. The molecule has 0 unspecified atom stereocenters. The third-order valence-corrected chi connectivity index (χ3v) is 2.61.